The lowest BCUT2D eigenvalue weighted by Gasteiger charge is -2.31. The Morgan fingerprint density at radius 3 is 2.78 bits per heavy atom. The van der Waals surface area contributed by atoms with Crippen molar-refractivity contribution in [1.29, 1.82) is 0 Å². The number of rotatable bonds is 4. The molecular formula is C16H18ClFN2O3. The van der Waals surface area contributed by atoms with Crippen molar-refractivity contribution in [2.75, 3.05) is 6.54 Å². The van der Waals surface area contributed by atoms with E-state index in [-0.39, 0.29) is 18.2 Å². The molecule has 1 aliphatic rings. The first kappa shape index (κ1) is 17.4. The van der Waals surface area contributed by atoms with Crippen LogP contribution in [0.3, 0.4) is 0 Å². The molecule has 0 saturated carbocycles. The molecule has 7 heteroatoms. The fraction of sp³-hybridized carbons (Fsp3) is 0.375. The van der Waals surface area contributed by atoms with Crippen LogP contribution in [0.25, 0.3) is 11.3 Å². The van der Waals surface area contributed by atoms with Gasteiger partial charge in [-0.05, 0) is 43.7 Å². The quantitative estimate of drug-likeness (QED) is 0.924. The zero-order chi connectivity index (χ0) is 15.5. The highest BCUT2D eigenvalue weighted by molar-refractivity contribution is 5.85. The van der Waals surface area contributed by atoms with Crippen molar-refractivity contribution in [1.82, 2.24) is 10.1 Å². The lowest BCUT2D eigenvalue weighted by molar-refractivity contribution is -0.145. The van der Waals surface area contributed by atoms with Gasteiger partial charge in [0.25, 0.3) is 0 Å². The maximum Gasteiger partial charge on any atom is 0.320 e. The predicted molar refractivity (Wildman–Crippen MR) is 84.8 cm³/mol. The van der Waals surface area contributed by atoms with E-state index in [1.54, 1.807) is 18.2 Å². The average Bonchev–Trinajstić information content (AvgIpc) is 2.97. The number of carboxylic acids is 1. The van der Waals surface area contributed by atoms with Crippen molar-refractivity contribution in [2.24, 2.45) is 0 Å². The highest BCUT2D eigenvalue weighted by atomic mass is 35.5. The lowest BCUT2D eigenvalue weighted by Crippen LogP contribution is -2.43. The van der Waals surface area contributed by atoms with E-state index in [1.165, 1.54) is 12.1 Å². The summed E-state index contributed by atoms with van der Waals surface area (Å²) in [6.45, 7) is 1.16. The van der Waals surface area contributed by atoms with Crippen molar-refractivity contribution in [3.63, 3.8) is 0 Å². The van der Waals surface area contributed by atoms with Crippen molar-refractivity contribution in [3.05, 3.63) is 41.9 Å². The Bertz CT molecular complexity index is 660. The summed E-state index contributed by atoms with van der Waals surface area (Å²) in [7, 11) is 0. The third kappa shape index (κ3) is 4.09. The van der Waals surface area contributed by atoms with Crippen LogP contribution in [-0.2, 0) is 11.3 Å². The Hall–Kier alpha value is -1.92. The summed E-state index contributed by atoms with van der Waals surface area (Å²) in [5, 5.41) is 13.3. The monoisotopic (exact) mass is 340 g/mol. The molecule has 1 saturated heterocycles. The van der Waals surface area contributed by atoms with E-state index >= 15 is 0 Å². The first-order valence-electron chi connectivity index (χ1n) is 7.32. The number of hydrogen-bond acceptors (Lipinski definition) is 4. The number of carboxylic acid groups (broad SMARTS) is 1. The Morgan fingerprint density at radius 1 is 1.35 bits per heavy atom. The van der Waals surface area contributed by atoms with Crippen molar-refractivity contribution >= 4 is 18.4 Å². The van der Waals surface area contributed by atoms with Gasteiger partial charge in [-0.15, -0.1) is 12.4 Å². The van der Waals surface area contributed by atoms with Crippen LogP contribution in [0.4, 0.5) is 4.39 Å². The molecule has 0 bridgehead atoms. The first-order valence-corrected chi connectivity index (χ1v) is 7.32. The van der Waals surface area contributed by atoms with Gasteiger partial charge in [-0.1, -0.05) is 11.6 Å². The van der Waals surface area contributed by atoms with Crippen LogP contribution in [-0.4, -0.2) is 33.7 Å². The molecule has 1 aromatic carbocycles. The van der Waals surface area contributed by atoms with Crippen LogP contribution < -0.4 is 0 Å². The number of nitrogens with zero attached hydrogens (tertiary/aromatic N) is 2. The molecule has 1 unspecified atom stereocenters. The highest BCUT2D eigenvalue weighted by Gasteiger charge is 2.29. The Kier molecular flexibility index (Phi) is 5.74. The molecule has 0 spiro atoms. The van der Waals surface area contributed by atoms with E-state index in [4.69, 9.17) is 4.52 Å². The van der Waals surface area contributed by atoms with Crippen LogP contribution in [0.1, 0.15) is 25.0 Å². The second-order valence-electron chi connectivity index (χ2n) is 5.51. The molecule has 1 aromatic heterocycles. The van der Waals surface area contributed by atoms with Gasteiger partial charge in [0.15, 0.2) is 5.76 Å². The van der Waals surface area contributed by atoms with Gasteiger partial charge in [0.05, 0.1) is 6.54 Å². The Morgan fingerprint density at radius 2 is 2.09 bits per heavy atom. The molecule has 5 nitrogen and oxygen atoms in total. The number of likely N-dealkylation sites (tertiary alicyclic amines) is 1. The third-order valence-corrected chi connectivity index (χ3v) is 3.96. The summed E-state index contributed by atoms with van der Waals surface area (Å²) >= 11 is 0. The number of carbonyl (C=O) groups is 1. The van der Waals surface area contributed by atoms with Gasteiger partial charge in [-0.2, -0.15) is 0 Å². The van der Waals surface area contributed by atoms with Gasteiger partial charge in [0, 0.05) is 11.6 Å². The van der Waals surface area contributed by atoms with Crippen molar-refractivity contribution < 1.29 is 18.8 Å². The maximum atomic E-state index is 12.9. The largest absolute Gasteiger partial charge is 0.480 e. The molecule has 0 radical (unpaired) electrons. The van der Waals surface area contributed by atoms with Crippen LogP contribution in [0.2, 0.25) is 0 Å². The SMILES string of the molecule is Cl.O=C(O)C1CCCCN1Cc1cc(-c2ccc(F)cc2)no1. The van der Waals surface area contributed by atoms with Crippen LogP contribution in [0.15, 0.2) is 34.9 Å². The fourth-order valence-electron chi connectivity index (χ4n) is 2.80. The van der Waals surface area contributed by atoms with Gasteiger partial charge in [0.1, 0.15) is 17.6 Å². The van der Waals surface area contributed by atoms with Crippen molar-refractivity contribution in [3.8, 4) is 11.3 Å². The highest BCUT2D eigenvalue weighted by Crippen LogP contribution is 2.23. The standard InChI is InChI=1S/C16H17FN2O3.ClH/c17-12-6-4-11(5-7-12)14-9-13(22-18-14)10-19-8-2-1-3-15(19)16(20)21;/h4-7,9,15H,1-3,8,10H2,(H,20,21);1H. The number of piperidine rings is 1. The van der Waals surface area contributed by atoms with E-state index < -0.39 is 12.0 Å². The molecule has 124 valence electrons. The number of aromatic nitrogens is 1. The van der Waals surface area contributed by atoms with E-state index in [9.17, 15) is 14.3 Å². The summed E-state index contributed by atoms with van der Waals surface area (Å²) < 4.78 is 18.2. The van der Waals surface area contributed by atoms with Gasteiger partial charge in [-0.25, -0.2) is 4.39 Å². The average molecular weight is 341 g/mol. The molecule has 0 aliphatic carbocycles. The summed E-state index contributed by atoms with van der Waals surface area (Å²) in [5.74, 6) is -0.476. The molecule has 3 rings (SSSR count). The summed E-state index contributed by atoms with van der Waals surface area (Å²) in [5.41, 5.74) is 1.39. The Labute approximate surface area is 139 Å². The first-order chi connectivity index (χ1) is 10.6. The number of benzene rings is 1. The van der Waals surface area contributed by atoms with E-state index in [0.29, 0.717) is 24.4 Å². The molecule has 2 aromatic rings. The van der Waals surface area contributed by atoms with E-state index in [2.05, 4.69) is 5.16 Å². The second-order valence-corrected chi connectivity index (χ2v) is 5.51. The predicted octanol–water partition coefficient (Wildman–Crippen LogP) is 3.34. The van der Waals surface area contributed by atoms with E-state index in [0.717, 1.165) is 24.9 Å². The molecule has 1 aliphatic heterocycles. The van der Waals surface area contributed by atoms with Crippen LogP contribution in [0.5, 0.6) is 0 Å². The van der Waals surface area contributed by atoms with Gasteiger partial charge in [-0.3, -0.25) is 9.69 Å². The minimum absolute atomic E-state index is 0. The normalized spacial score (nSPS) is 18.4. The molecular weight excluding hydrogens is 323 g/mol. The smallest absolute Gasteiger partial charge is 0.320 e. The zero-order valence-electron chi connectivity index (χ0n) is 12.4. The minimum atomic E-state index is -0.794. The lowest BCUT2D eigenvalue weighted by atomic mass is 10.0. The van der Waals surface area contributed by atoms with E-state index in [1.807, 2.05) is 4.90 Å². The number of halogens is 2. The van der Waals surface area contributed by atoms with Crippen molar-refractivity contribution in [2.45, 2.75) is 31.8 Å². The molecule has 2 heterocycles. The fourth-order valence-corrected chi connectivity index (χ4v) is 2.80. The minimum Gasteiger partial charge on any atom is -0.480 e. The molecule has 0 amide bonds. The maximum absolute atomic E-state index is 12.9. The third-order valence-electron chi connectivity index (χ3n) is 3.96. The number of hydrogen-bond donors (Lipinski definition) is 1. The summed E-state index contributed by atoms with van der Waals surface area (Å²) in [6.07, 6.45) is 2.59. The van der Waals surface area contributed by atoms with Gasteiger partial charge >= 0.3 is 5.97 Å². The molecule has 1 fully saturated rings. The number of aliphatic carboxylic acids is 1. The van der Waals surface area contributed by atoms with Gasteiger partial charge in [0.2, 0.25) is 0 Å². The molecule has 1 N–H and O–H groups in total. The molecule has 1 atom stereocenters. The zero-order valence-corrected chi connectivity index (χ0v) is 13.3. The van der Waals surface area contributed by atoms with Crippen LogP contribution in [0, 0.1) is 5.82 Å². The Balaban J connectivity index is 0.00000192. The van der Waals surface area contributed by atoms with Crippen LogP contribution >= 0.6 is 12.4 Å². The topological polar surface area (TPSA) is 66.6 Å². The second kappa shape index (κ2) is 7.57. The summed E-state index contributed by atoms with van der Waals surface area (Å²) in [6, 6.07) is 7.33. The van der Waals surface area contributed by atoms with Gasteiger partial charge < -0.3 is 9.63 Å². The summed E-state index contributed by atoms with van der Waals surface area (Å²) in [4.78, 5) is 13.2. The molecule has 23 heavy (non-hydrogen) atoms.